The van der Waals surface area contributed by atoms with Crippen molar-refractivity contribution >= 4 is 34.7 Å². The number of anilines is 1. The molecular formula is C38H43F3N6O3S. The highest BCUT2D eigenvalue weighted by molar-refractivity contribution is 7.13. The van der Waals surface area contributed by atoms with Gasteiger partial charge >= 0.3 is 6.18 Å². The number of halogens is 3. The number of nitrogens with zero attached hydrogens (tertiary/aromatic N) is 3. The number of rotatable bonds is 10. The molecular weight excluding hydrogens is 678 g/mol. The van der Waals surface area contributed by atoms with E-state index < -0.39 is 35.1 Å². The summed E-state index contributed by atoms with van der Waals surface area (Å²) in [6.07, 6.45) is -1.88. The number of carbonyl (C=O) groups is 3. The number of aromatic nitrogens is 2. The first-order chi connectivity index (χ1) is 24.0. The number of hydrogen-bond donors (Lipinski definition) is 3. The van der Waals surface area contributed by atoms with Crippen molar-refractivity contribution in [3.63, 3.8) is 0 Å². The molecule has 2 unspecified atom stereocenters. The largest absolute Gasteiger partial charge is 0.416 e. The Morgan fingerprint density at radius 3 is 2.37 bits per heavy atom. The number of nitrogens with one attached hydrogen (secondary N) is 3. The quantitative estimate of drug-likeness (QED) is 0.157. The summed E-state index contributed by atoms with van der Waals surface area (Å²) in [7, 11) is 0. The first-order valence-corrected chi connectivity index (χ1v) is 17.7. The SMILES string of the molecule is Cc1ncc(NC(=O)c2cccc(C(F)(F)F)c2)cc1CN[C@@H](C(=O)N1CCCC1C(=O)NC(C)c1ccc(-c2scnc2C)cc1)C(C)(C)C. The van der Waals surface area contributed by atoms with Crippen LogP contribution in [0.4, 0.5) is 18.9 Å². The molecule has 0 radical (unpaired) electrons. The molecule has 3 N–H and O–H groups in total. The van der Waals surface area contributed by atoms with Crippen LogP contribution in [0.2, 0.25) is 0 Å². The van der Waals surface area contributed by atoms with E-state index in [0.717, 1.165) is 33.8 Å². The number of pyridine rings is 1. The third-order valence-electron chi connectivity index (χ3n) is 9.13. The molecule has 3 atom stereocenters. The Morgan fingerprint density at radius 2 is 1.73 bits per heavy atom. The van der Waals surface area contributed by atoms with Crippen molar-refractivity contribution in [2.75, 3.05) is 11.9 Å². The summed E-state index contributed by atoms with van der Waals surface area (Å²) in [5.41, 5.74) is 4.90. The maximum Gasteiger partial charge on any atom is 0.416 e. The zero-order valence-electron chi connectivity index (χ0n) is 29.5. The van der Waals surface area contributed by atoms with Gasteiger partial charge in [-0.2, -0.15) is 13.2 Å². The zero-order valence-corrected chi connectivity index (χ0v) is 30.3. The molecule has 9 nitrogen and oxygen atoms in total. The van der Waals surface area contributed by atoms with Crippen molar-refractivity contribution in [2.45, 2.75) is 85.2 Å². The van der Waals surface area contributed by atoms with E-state index in [-0.39, 0.29) is 30.0 Å². The molecule has 0 spiro atoms. The van der Waals surface area contributed by atoms with Gasteiger partial charge < -0.3 is 20.9 Å². The molecule has 51 heavy (non-hydrogen) atoms. The molecule has 1 aliphatic heterocycles. The maximum atomic E-state index is 14.1. The fourth-order valence-electron chi connectivity index (χ4n) is 6.21. The fraction of sp³-hybridized carbons (Fsp3) is 0.395. The molecule has 3 heterocycles. The molecule has 0 saturated carbocycles. The number of amides is 3. The summed E-state index contributed by atoms with van der Waals surface area (Å²) in [5, 5.41) is 9.11. The van der Waals surface area contributed by atoms with Gasteiger partial charge in [0, 0.05) is 24.3 Å². The normalized spacial score (nSPS) is 16.1. The lowest BCUT2D eigenvalue weighted by molar-refractivity contribution is -0.142. The Bertz CT molecular complexity index is 1890. The minimum absolute atomic E-state index is 0.137. The number of aryl methyl sites for hydroxylation is 2. The van der Waals surface area contributed by atoms with Crippen LogP contribution < -0.4 is 16.0 Å². The monoisotopic (exact) mass is 720 g/mol. The average Bonchev–Trinajstić information content (AvgIpc) is 3.75. The molecule has 2 aromatic heterocycles. The van der Waals surface area contributed by atoms with Gasteiger partial charge in [0.2, 0.25) is 11.8 Å². The van der Waals surface area contributed by atoms with E-state index >= 15 is 0 Å². The van der Waals surface area contributed by atoms with Crippen LogP contribution >= 0.6 is 11.3 Å². The van der Waals surface area contributed by atoms with Gasteiger partial charge in [0.05, 0.1) is 45.6 Å². The summed E-state index contributed by atoms with van der Waals surface area (Å²) in [6.45, 7) is 12.2. The van der Waals surface area contributed by atoms with E-state index in [1.54, 1.807) is 29.2 Å². The van der Waals surface area contributed by atoms with Crippen LogP contribution in [0.25, 0.3) is 10.4 Å². The molecule has 1 saturated heterocycles. The molecule has 1 fully saturated rings. The average molecular weight is 721 g/mol. The number of benzene rings is 2. The second-order valence-electron chi connectivity index (χ2n) is 14.0. The number of thiazole rings is 1. The van der Waals surface area contributed by atoms with Gasteiger partial charge in [-0.3, -0.25) is 19.4 Å². The Labute approximate surface area is 300 Å². The number of likely N-dealkylation sites (tertiary alicyclic amines) is 1. The van der Waals surface area contributed by atoms with Gasteiger partial charge in [-0.05, 0) is 80.0 Å². The van der Waals surface area contributed by atoms with Gasteiger partial charge in [-0.15, -0.1) is 11.3 Å². The lowest BCUT2D eigenvalue weighted by atomic mass is 9.85. The highest BCUT2D eigenvalue weighted by Gasteiger charge is 2.41. The van der Waals surface area contributed by atoms with Crippen LogP contribution in [-0.4, -0.2) is 51.2 Å². The van der Waals surface area contributed by atoms with E-state index in [1.807, 2.05) is 64.4 Å². The van der Waals surface area contributed by atoms with Crippen molar-refractivity contribution in [3.8, 4) is 10.4 Å². The molecule has 270 valence electrons. The second kappa shape index (κ2) is 15.3. The molecule has 3 amide bonds. The van der Waals surface area contributed by atoms with E-state index in [9.17, 15) is 27.6 Å². The van der Waals surface area contributed by atoms with Crippen LogP contribution in [0.5, 0.6) is 0 Å². The highest BCUT2D eigenvalue weighted by atomic mass is 32.1. The van der Waals surface area contributed by atoms with E-state index in [2.05, 4.69) is 25.9 Å². The zero-order chi connectivity index (χ0) is 37.1. The van der Waals surface area contributed by atoms with E-state index in [4.69, 9.17) is 0 Å². The van der Waals surface area contributed by atoms with Crippen molar-refractivity contribution in [1.82, 2.24) is 25.5 Å². The highest BCUT2D eigenvalue weighted by Crippen LogP contribution is 2.31. The molecule has 4 aromatic rings. The minimum atomic E-state index is -4.58. The van der Waals surface area contributed by atoms with Gasteiger partial charge in [0.1, 0.15) is 6.04 Å². The summed E-state index contributed by atoms with van der Waals surface area (Å²) in [4.78, 5) is 52.0. The Kier molecular flexibility index (Phi) is 11.3. The molecule has 13 heteroatoms. The second-order valence-corrected chi connectivity index (χ2v) is 14.8. The first-order valence-electron chi connectivity index (χ1n) is 16.8. The third-order valence-corrected chi connectivity index (χ3v) is 10.1. The first kappa shape index (κ1) is 37.6. The topological polar surface area (TPSA) is 116 Å². The standard InChI is InChI=1S/C38H43F3N6O3S/c1-22-28(18-30(20-42-22)46-34(48)27-9-7-10-29(17-27)38(39,40)41)19-43-33(37(4,5)6)36(50)47-16-8-11-31(47)35(49)45-23(2)25-12-14-26(15-13-25)32-24(3)44-21-51-32/h7,9-10,12-15,17-18,20-21,23,31,33,43H,8,11,16,19H2,1-6H3,(H,45,49)(H,46,48)/t23?,31?,33-/m0/s1. The lowest BCUT2D eigenvalue weighted by Crippen LogP contribution is -2.56. The van der Waals surface area contributed by atoms with Crippen molar-refractivity contribution < 1.29 is 27.6 Å². The van der Waals surface area contributed by atoms with Crippen LogP contribution in [0.1, 0.15) is 85.0 Å². The predicted molar refractivity (Wildman–Crippen MR) is 192 cm³/mol. The smallest absolute Gasteiger partial charge is 0.348 e. The van der Waals surface area contributed by atoms with E-state index in [1.165, 1.54) is 18.3 Å². The summed E-state index contributed by atoms with van der Waals surface area (Å²) in [5.74, 6) is -1.09. The van der Waals surface area contributed by atoms with Gasteiger partial charge in [0.25, 0.3) is 5.91 Å². The molecule has 1 aliphatic rings. The summed E-state index contributed by atoms with van der Waals surface area (Å²) in [6, 6.07) is 12.4. The number of hydrogen-bond acceptors (Lipinski definition) is 7. The maximum absolute atomic E-state index is 14.1. The Hall–Kier alpha value is -4.62. The predicted octanol–water partition coefficient (Wildman–Crippen LogP) is 7.47. The summed E-state index contributed by atoms with van der Waals surface area (Å²) >= 11 is 1.59. The number of alkyl halides is 3. The number of carbonyl (C=O) groups excluding carboxylic acids is 3. The minimum Gasteiger partial charge on any atom is -0.348 e. The molecule has 0 aliphatic carbocycles. The summed E-state index contributed by atoms with van der Waals surface area (Å²) < 4.78 is 39.5. The Morgan fingerprint density at radius 1 is 1.00 bits per heavy atom. The van der Waals surface area contributed by atoms with Crippen molar-refractivity contribution in [1.29, 1.82) is 0 Å². The molecule has 0 bridgehead atoms. The van der Waals surface area contributed by atoms with Crippen LogP contribution in [0, 0.1) is 19.3 Å². The third kappa shape index (κ3) is 9.01. The van der Waals surface area contributed by atoms with Crippen LogP contribution in [0.15, 0.2) is 66.3 Å². The van der Waals surface area contributed by atoms with Gasteiger partial charge in [0.15, 0.2) is 0 Å². The Balaban J connectivity index is 1.24. The molecule has 5 rings (SSSR count). The van der Waals surface area contributed by atoms with E-state index in [0.29, 0.717) is 36.3 Å². The lowest BCUT2D eigenvalue weighted by Gasteiger charge is -2.36. The fourth-order valence-corrected chi connectivity index (χ4v) is 7.02. The van der Waals surface area contributed by atoms with Crippen molar-refractivity contribution in [3.05, 3.63) is 99.9 Å². The van der Waals surface area contributed by atoms with Crippen LogP contribution in [-0.2, 0) is 22.3 Å². The van der Waals surface area contributed by atoms with Gasteiger partial charge in [-0.25, -0.2) is 4.98 Å². The van der Waals surface area contributed by atoms with Gasteiger partial charge in [-0.1, -0.05) is 51.1 Å². The van der Waals surface area contributed by atoms with Crippen LogP contribution in [0.3, 0.4) is 0 Å². The molecule has 2 aromatic carbocycles. The van der Waals surface area contributed by atoms with Crippen molar-refractivity contribution in [2.24, 2.45) is 5.41 Å².